The third-order valence-corrected chi connectivity index (χ3v) is 3.40. The van der Waals surface area contributed by atoms with Gasteiger partial charge in [0, 0.05) is 13.1 Å². The first-order chi connectivity index (χ1) is 9.16. The Kier molecular flexibility index (Phi) is 4.77. The highest BCUT2D eigenvalue weighted by molar-refractivity contribution is 5.77. The standard InChI is InChI=1S/C15H20FNO2/c1-12-6-7-13(16)14(10-12)19-11-15(18)17-8-4-2-3-5-9-17/h6-7,10H,2-5,8-9,11H2,1H3. The summed E-state index contributed by atoms with van der Waals surface area (Å²) in [5, 5.41) is 0. The van der Waals surface area contributed by atoms with Gasteiger partial charge in [0.2, 0.25) is 0 Å². The number of carbonyl (C=O) groups is 1. The second kappa shape index (κ2) is 6.55. The second-order valence-corrected chi connectivity index (χ2v) is 5.02. The van der Waals surface area contributed by atoms with Crippen LogP contribution in [0.15, 0.2) is 18.2 Å². The fourth-order valence-electron chi connectivity index (χ4n) is 2.27. The van der Waals surface area contributed by atoms with E-state index in [-0.39, 0.29) is 18.3 Å². The summed E-state index contributed by atoms with van der Waals surface area (Å²) < 4.78 is 18.8. The number of ether oxygens (including phenoxy) is 1. The lowest BCUT2D eigenvalue weighted by atomic mass is 10.2. The quantitative estimate of drug-likeness (QED) is 0.841. The summed E-state index contributed by atoms with van der Waals surface area (Å²) in [4.78, 5) is 13.8. The fraction of sp³-hybridized carbons (Fsp3) is 0.533. The van der Waals surface area contributed by atoms with Crippen molar-refractivity contribution in [3.63, 3.8) is 0 Å². The topological polar surface area (TPSA) is 29.5 Å². The zero-order chi connectivity index (χ0) is 13.7. The highest BCUT2D eigenvalue weighted by Crippen LogP contribution is 2.18. The molecule has 0 atom stereocenters. The monoisotopic (exact) mass is 265 g/mol. The summed E-state index contributed by atoms with van der Waals surface area (Å²) in [6.07, 6.45) is 4.45. The number of likely N-dealkylation sites (tertiary alicyclic amines) is 1. The van der Waals surface area contributed by atoms with E-state index >= 15 is 0 Å². The van der Waals surface area contributed by atoms with Crippen LogP contribution in [0.25, 0.3) is 0 Å². The lowest BCUT2D eigenvalue weighted by Gasteiger charge is -2.20. The molecule has 0 N–H and O–H groups in total. The van der Waals surface area contributed by atoms with E-state index in [4.69, 9.17) is 4.74 Å². The molecule has 0 aromatic heterocycles. The van der Waals surface area contributed by atoms with E-state index in [0.29, 0.717) is 0 Å². The van der Waals surface area contributed by atoms with Crippen LogP contribution in [0.2, 0.25) is 0 Å². The minimum absolute atomic E-state index is 0.0530. The lowest BCUT2D eigenvalue weighted by Crippen LogP contribution is -2.35. The number of hydrogen-bond acceptors (Lipinski definition) is 2. The molecular formula is C15H20FNO2. The van der Waals surface area contributed by atoms with Gasteiger partial charge in [-0.2, -0.15) is 0 Å². The SMILES string of the molecule is Cc1ccc(F)c(OCC(=O)N2CCCCCC2)c1. The Morgan fingerprint density at radius 3 is 2.63 bits per heavy atom. The minimum atomic E-state index is -0.422. The van der Waals surface area contributed by atoms with E-state index in [1.807, 2.05) is 11.8 Å². The number of aryl methyl sites for hydroxylation is 1. The van der Waals surface area contributed by atoms with Crippen LogP contribution in [0.1, 0.15) is 31.2 Å². The first-order valence-electron chi connectivity index (χ1n) is 6.83. The van der Waals surface area contributed by atoms with Crippen LogP contribution in [0, 0.1) is 12.7 Å². The Morgan fingerprint density at radius 1 is 1.26 bits per heavy atom. The van der Waals surface area contributed by atoms with E-state index in [2.05, 4.69) is 0 Å². The number of halogens is 1. The van der Waals surface area contributed by atoms with Crippen molar-refractivity contribution in [1.29, 1.82) is 0 Å². The maximum absolute atomic E-state index is 13.5. The summed E-state index contributed by atoms with van der Waals surface area (Å²) in [5.41, 5.74) is 0.915. The number of benzene rings is 1. The maximum atomic E-state index is 13.5. The Balaban J connectivity index is 1.90. The average Bonchev–Trinajstić information content (AvgIpc) is 2.68. The van der Waals surface area contributed by atoms with E-state index < -0.39 is 5.82 Å². The van der Waals surface area contributed by atoms with Crippen molar-refractivity contribution in [2.24, 2.45) is 0 Å². The van der Waals surface area contributed by atoms with Gasteiger partial charge in [-0.05, 0) is 37.5 Å². The molecule has 0 aliphatic carbocycles. The molecular weight excluding hydrogens is 245 g/mol. The third kappa shape index (κ3) is 3.94. The first kappa shape index (κ1) is 13.8. The van der Waals surface area contributed by atoms with Gasteiger partial charge in [-0.15, -0.1) is 0 Å². The van der Waals surface area contributed by atoms with Crippen molar-refractivity contribution in [3.8, 4) is 5.75 Å². The molecule has 104 valence electrons. The van der Waals surface area contributed by atoms with Gasteiger partial charge in [-0.25, -0.2) is 4.39 Å². The van der Waals surface area contributed by atoms with Crippen LogP contribution in [0.5, 0.6) is 5.75 Å². The molecule has 19 heavy (non-hydrogen) atoms. The van der Waals surface area contributed by atoms with Crippen molar-refractivity contribution in [2.45, 2.75) is 32.6 Å². The summed E-state index contributed by atoms with van der Waals surface area (Å²) in [6, 6.07) is 4.66. The lowest BCUT2D eigenvalue weighted by molar-refractivity contribution is -0.133. The molecule has 3 nitrogen and oxygen atoms in total. The zero-order valence-electron chi connectivity index (χ0n) is 11.3. The van der Waals surface area contributed by atoms with Crippen LogP contribution in [0.4, 0.5) is 4.39 Å². The second-order valence-electron chi connectivity index (χ2n) is 5.02. The molecule has 1 aromatic carbocycles. The highest BCUT2D eigenvalue weighted by Gasteiger charge is 2.16. The van der Waals surface area contributed by atoms with Gasteiger partial charge in [0.25, 0.3) is 5.91 Å². The molecule has 0 bridgehead atoms. The van der Waals surface area contributed by atoms with Crippen LogP contribution in [0.3, 0.4) is 0 Å². The van der Waals surface area contributed by atoms with Crippen molar-refractivity contribution in [1.82, 2.24) is 4.90 Å². The summed E-state index contributed by atoms with van der Waals surface area (Å²) in [7, 11) is 0. The molecule has 1 amide bonds. The molecule has 2 rings (SSSR count). The Morgan fingerprint density at radius 2 is 1.95 bits per heavy atom. The average molecular weight is 265 g/mol. The molecule has 0 spiro atoms. The summed E-state index contributed by atoms with van der Waals surface area (Å²) in [6.45, 7) is 3.36. The predicted molar refractivity (Wildman–Crippen MR) is 71.7 cm³/mol. The minimum Gasteiger partial charge on any atom is -0.481 e. The summed E-state index contributed by atoms with van der Waals surface area (Å²) >= 11 is 0. The predicted octanol–water partition coefficient (Wildman–Crippen LogP) is 2.92. The van der Waals surface area contributed by atoms with Crippen LogP contribution >= 0.6 is 0 Å². The van der Waals surface area contributed by atoms with Gasteiger partial charge < -0.3 is 9.64 Å². The zero-order valence-corrected chi connectivity index (χ0v) is 11.3. The normalized spacial score (nSPS) is 16.0. The van der Waals surface area contributed by atoms with Gasteiger partial charge in [0.05, 0.1) is 0 Å². The van der Waals surface area contributed by atoms with Gasteiger partial charge in [0.15, 0.2) is 18.2 Å². The van der Waals surface area contributed by atoms with Gasteiger partial charge in [-0.3, -0.25) is 4.79 Å². The molecule has 4 heteroatoms. The Hall–Kier alpha value is -1.58. The van der Waals surface area contributed by atoms with Crippen molar-refractivity contribution < 1.29 is 13.9 Å². The number of amides is 1. The molecule has 1 aliphatic rings. The number of carbonyl (C=O) groups excluding carboxylic acids is 1. The van der Waals surface area contributed by atoms with E-state index in [0.717, 1.165) is 31.5 Å². The van der Waals surface area contributed by atoms with E-state index in [9.17, 15) is 9.18 Å². The molecule has 0 unspecified atom stereocenters. The van der Waals surface area contributed by atoms with Crippen LogP contribution in [-0.2, 0) is 4.79 Å². The Bertz CT molecular complexity index is 440. The molecule has 1 heterocycles. The number of nitrogens with zero attached hydrogens (tertiary/aromatic N) is 1. The van der Waals surface area contributed by atoms with Crippen LogP contribution < -0.4 is 4.74 Å². The smallest absolute Gasteiger partial charge is 0.260 e. The van der Waals surface area contributed by atoms with Gasteiger partial charge in [0.1, 0.15) is 0 Å². The van der Waals surface area contributed by atoms with Crippen molar-refractivity contribution in [2.75, 3.05) is 19.7 Å². The van der Waals surface area contributed by atoms with E-state index in [1.54, 1.807) is 12.1 Å². The van der Waals surface area contributed by atoms with Crippen LogP contribution in [-0.4, -0.2) is 30.5 Å². The van der Waals surface area contributed by atoms with Gasteiger partial charge in [-0.1, -0.05) is 18.9 Å². The van der Waals surface area contributed by atoms with Crippen molar-refractivity contribution >= 4 is 5.91 Å². The molecule has 1 fully saturated rings. The Labute approximate surface area is 113 Å². The largest absolute Gasteiger partial charge is 0.481 e. The summed E-state index contributed by atoms with van der Waals surface area (Å²) in [5.74, 6) is -0.319. The van der Waals surface area contributed by atoms with Crippen molar-refractivity contribution in [3.05, 3.63) is 29.6 Å². The fourth-order valence-corrected chi connectivity index (χ4v) is 2.27. The molecule has 1 aromatic rings. The third-order valence-electron chi connectivity index (χ3n) is 3.40. The van der Waals surface area contributed by atoms with E-state index in [1.165, 1.54) is 18.9 Å². The highest BCUT2D eigenvalue weighted by atomic mass is 19.1. The molecule has 1 saturated heterocycles. The number of hydrogen-bond donors (Lipinski definition) is 0. The van der Waals surface area contributed by atoms with Gasteiger partial charge >= 0.3 is 0 Å². The molecule has 0 saturated carbocycles. The maximum Gasteiger partial charge on any atom is 0.260 e. The first-order valence-corrected chi connectivity index (χ1v) is 6.83. The molecule has 1 aliphatic heterocycles. The molecule has 0 radical (unpaired) electrons. The number of rotatable bonds is 3.